The van der Waals surface area contributed by atoms with Gasteiger partial charge < -0.3 is 19.6 Å². The van der Waals surface area contributed by atoms with Crippen LogP contribution in [0.15, 0.2) is 4.52 Å². The van der Waals surface area contributed by atoms with Crippen LogP contribution in [0.5, 0.6) is 0 Å². The van der Waals surface area contributed by atoms with E-state index in [2.05, 4.69) is 22.4 Å². The fourth-order valence-corrected chi connectivity index (χ4v) is 3.90. The molecule has 0 unspecified atom stereocenters. The Kier molecular flexibility index (Phi) is 4.80. The lowest BCUT2D eigenvalue weighted by Gasteiger charge is -2.24. The molecule has 0 saturated heterocycles. The van der Waals surface area contributed by atoms with Crippen LogP contribution in [0.25, 0.3) is 0 Å². The zero-order chi connectivity index (χ0) is 18.1. The van der Waals surface area contributed by atoms with Gasteiger partial charge in [-0.05, 0) is 32.2 Å². The smallest absolute Gasteiger partial charge is 0.227 e. The topological polar surface area (TPSA) is 70.3 Å². The maximum absolute atomic E-state index is 5.59. The predicted molar refractivity (Wildman–Crippen MR) is 102 cm³/mol. The van der Waals surface area contributed by atoms with E-state index >= 15 is 0 Å². The summed E-state index contributed by atoms with van der Waals surface area (Å²) in [5, 5.41) is 7.84. The molecule has 4 rings (SSSR count). The van der Waals surface area contributed by atoms with Crippen molar-refractivity contribution in [3.63, 3.8) is 0 Å². The molecule has 0 radical (unpaired) electrons. The summed E-state index contributed by atoms with van der Waals surface area (Å²) in [7, 11) is 6.09. The number of fused-ring (bicyclic) bond motifs is 2. The van der Waals surface area contributed by atoms with Gasteiger partial charge in [0, 0.05) is 51.7 Å². The van der Waals surface area contributed by atoms with Gasteiger partial charge in [0.05, 0.1) is 12.2 Å². The quantitative estimate of drug-likeness (QED) is 0.895. The summed E-state index contributed by atoms with van der Waals surface area (Å²) in [6, 6.07) is 0. The first-order valence-corrected chi connectivity index (χ1v) is 9.58. The third kappa shape index (κ3) is 3.28. The van der Waals surface area contributed by atoms with E-state index in [1.165, 1.54) is 24.0 Å². The molecular weight excluding hydrogens is 328 g/mol. The molecule has 2 aromatic heterocycles. The molecule has 2 aliphatic rings. The van der Waals surface area contributed by atoms with Gasteiger partial charge in [-0.25, -0.2) is 4.98 Å². The zero-order valence-electron chi connectivity index (χ0n) is 16.0. The highest BCUT2D eigenvalue weighted by molar-refractivity contribution is 5.53. The van der Waals surface area contributed by atoms with Crippen molar-refractivity contribution in [1.29, 1.82) is 0 Å². The first kappa shape index (κ1) is 17.3. The minimum absolute atomic E-state index is 0.725. The van der Waals surface area contributed by atoms with Crippen LogP contribution >= 0.6 is 0 Å². The summed E-state index contributed by atoms with van der Waals surface area (Å²) in [6.45, 7) is 2.66. The lowest BCUT2D eigenvalue weighted by molar-refractivity contribution is 0.368. The minimum atomic E-state index is 0.725. The van der Waals surface area contributed by atoms with Crippen molar-refractivity contribution in [1.82, 2.24) is 20.4 Å². The van der Waals surface area contributed by atoms with Gasteiger partial charge in [-0.3, -0.25) is 0 Å². The predicted octanol–water partition coefficient (Wildman–Crippen LogP) is 1.73. The van der Waals surface area contributed by atoms with Crippen molar-refractivity contribution in [3.8, 4) is 0 Å². The molecule has 7 heteroatoms. The van der Waals surface area contributed by atoms with Gasteiger partial charge in [0.2, 0.25) is 5.95 Å². The second kappa shape index (κ2) is 7.23. The van der Waals surface area contributed by atoms with Crippen LogP contribution in [-0.4, -0.2) is 49.4 Å². The average Bonchev–Trinajstić information content (AvgIpc) is 2.89. The highest BCUT2D eigenvalue weighted by Crippen LogP contribution is 2.29. The lowest BCUT2D eigenvalue weighted by Crippen LogP contribution is -2.24. The molecule has 7 nitrogen and oxygen atoms in total. The average molecular weight is 356 g/mol. The molecule has 1 aliphatic carbocycles. The summed E-state index contributed by atoms with van der Waals surface area (Å²) < 4.78 is 5.59. The largest absolute Gasteiger partial charge is 0.361 e. The van der Waals surface area contributed by atoms with Crippen LogP contribution in [0.1, 0.15) is 41.1 Å². The molecule has 3 heterocycles. The van der Waals surface area contributed by atoms with Crippen molar-refractivity contribution < 1.29 is 4.52 Å². The fraction of sp³-hybridized carbons (Fsp3) is 0.632. The van der Waals surface area contributed by atoms with Gasteiger partial charge in [-0.2, -0.15) is 4.98 Å². The van der Waals surface area contributed by atoms with E-state index in [1.54, 1.807) is 0 Å². The first-order chi connectivity index (χ1) is 12.6. The van der Waals surface area contributed by atoms with Gasteiger partial charge in [0.1, 0.15) is 17.3 Å². The van der Waals surface area contributed by atoms with Crippen LogP contribution in [-0.2, 0) is 32.2 Å². The zero-order valence-corrected chi connectivity index (χ0v) is 16.0. The number of anilines is 2. The molecule has 0 amide bonds. The number of hydrogen-bond donors (Lipinski definition) is 1. The van der Waals surface area contributed by atoms with Gasteiger partial charge in [-0.15, -0.1) is 0 Å². The van der Waals surface area contributed by atoms with Gasteiger partial charge in [0.15, 0.2) is 0 Å². The second-order valence-corrected chi connectivity index (χ2v) is 7.51. The summed E-state index contributed by atoms with van der Waals surface area (Å²) >= 11 is 0. The van der Waals surface area contributed by atoms with Crippen molar-refractivity contribution in [2.45, 2.75) is 45.1 Å². The summed E-state index contributed by atoms with van der Waals surface area (Å²) in [5.74, 6) is 2.88. The van der Waals surface area contributed by atoms with Gasteiger partial charge >= 0.3 is 0 Å². The van der Waals surface area contributed by atoms with Crippen molar-refractivity contribution in [2.75, 3.05) is 44.0 Å². The fourth-order valence-electron chi connectivity index (χ4n) is 3.90. The van der Waals surface area contributed by atoms with Crippen molar-refractivity contribution in [3.05, 3.63) is 28.3 Å². The van der Waals surface area contributed by atoms with E-state index in [1.807, 2.05) is 19.0 Å². The Morgan fingerprint density at radius 2 is 1.77 bits per heavy atom. The summed E-state index contributed by atoms with van der Waals surface area (Å²) in [6.07, 6.45) is 6.43. The van der Waals surface area contributed by atoms with Crippen LogP contribution in [0.2, 0.25) is 0 Å². The van der Waals surface area contributed by atoms with Crippen LogP contribution in [0.4, 0.5) is 11.8 Å². The SMILES string of the molecule is CN(C)c1nc2c(c(N(C)Cc3noc4c3CCCC4)n1)CCNCC2. The second-order valence-electron chi connectivity index (χ2n) is 7.51. The van der Waals surface area contributed by atoms with Crippen molar-refractivity contribution >= 4 is 11.8 Å². The number of nitrogens with zero attached hydrogens (tertiary/aromatic N) is 5. The molecule has 1 N–H and O–H groups in total. The number of nitrogens with one attached hydrogen (secondary N) is 1. The van der Waals surface area contributed by atoms with Gasteiger partial charge in [-0.1, -0.05) is 5.16 Å². The van der Waals surface area contributed by atoms with Crippen LogP contribution in [0, 0.1) is 0 Å². The van der Waals surface area contributed by atoms with Crippen LogP contribution in [0.3, 0.4) is 0 Å². The molecule has 0 bridgehead atoms. The Bertz CT molecular complexity index is 785. The van der Waals surface area contributed by atoms with E-state index in [0.717, 1.165) is 74.2 Å². The van der Waals surface area contributed by atoms with E-state index in [-0.39, 0.29) is 0 Å². The maximum Gasteiger partial charge on any atom is 0.227 e. The summed E-state index contributed by atoms with van der Waals surface area (Å²) in [5.41, 5.74) is 4.81. The number of aryl methyl sites for hydroxylation is 1. The highest BCUT2D eigenvalue weighted by atomic mass is 16.5. The first-order valence-electron chi connectivity index (χ1n) is 9.58. The molecular formula is C19H28N6O. The Hall–Kier alpha value is -2.15. The Labute approximate surface area is 154 Å². The normalized spacial score (nSPS) is 16.6. The molecule has 0 spiro atoms. The number of rotatable bonds is 4. The molecule has 0 aromatic carbocycles. The monoisotopic (exact) mass is 356 g/mol. The molecule has 0 fully saturated rings. The molecule has 2 aromatic rings. The van der Waals surface area contributed by atoms with E-state index in [0.29, 0.717) is 0 Å². The minimum Gasteiger partial charge on any atom is -0.361 e. The molecule has 1 aliphatic heterocycles. The third-order valence-corrected chi connectivity index (χ3v) is 5.33. The Morgan fingerprint density at radius 1 is 0.962 bits per heavy atom. The van der Waals surface area contributed by atoms with E-state index in [9.17, 15) is 0 Å². The molecule has 26 heavy (non-hydrogen) atoms. The highest BCUT2D eigenvalue weighted by Gasteiger charge is 2.23. The Morgan fingerprint density at radius 3 is 2.62 bits per heavy atom. The van der Waals surface area contributed by atoms with Gasteiger partial charge in [0.25, 0.3) is 0 Å². The molecule has 0 atom stereocenters. The van der Waals surface area contributed by atoms with Crippen LogP contribution < -0.4 is 15.1 Å². The Balaban J connectivity index is 1.67. The molecule has 0 saturated carbocycles. The standard InChI is InChI=1S/C19H28N6O/c1-24(2)19-21-15-9-11-20-10-8-14(15)18(22-19)25(3)12-16-13-6-4-5-7-17(13)26-23-16/h20H,4-12H2,1-3H3. The van der Waals surface area contributed by atoms with Crippen molar-refractivity contribution in [2.24, 2.45) is 0 Å². The maximum atomic E-state index is 5.59. The number of hydrogen-bond acceptors (Lipinski definition) is 7. The number of aromatic nitrogens is 3. The third-order valence-electron chi connectivity index (χ3n) is 5.33. The summed E-state index contributed by atoms with van der Waals surface area (Å²) in [4.78, 5) is 13.9. The molecule has 140 valence electrons. The van der Waals surface area contributed by atoms with E-state index < -0.39 is 0 Å². The lowest BCUT2D eigenvalue weighted by atomic mass is 9.96. The van der Waals surface area contributed by atoms with E-state index in [4.69, 9.17) is 14.5 Å².